The van der Waals surface area contributed by atoms with E-state index in [0.29, 0.717) is 11.0 Å². The lowest BCUT2D eigenvalue weighted by atomic mass is 10.0. The average Bonchev–Trinajstić information content (AvgIpc) is 2.85. The molecule has 1 saturated carbocycles. The van der Waals surface area contributed by atoms with Gasteiger partial charge in [-0.15, -0.1) is 0 Å². The molecule has 1 aliphatic carbocycles. The second kappa shape index (κ2) is 5.93. The van der Waals surface area contributed by atoms with Gasteiger partial charge in [0.25, 0.3) is 5.89 Å². The number of hydrogen-bond donors (Lipinski definition) is 1. The van der Waals surface area contributed by atoms with E-state index in [1.165, 1.54) is 19.3 Å². The van der Waals surface area contributed by atoms with Crippen molar-refractivity contribution in [2.45, 2.75) is 61.7 Å². The van der Waals surface area contributed by atoms with Crippen molar-refractivity contribution in [3.05, 3.63) is 11.7 Å². The average molecular weight is 309 g/mol. The normalized spacial score (nSPS) is 20.9. The number of nitrogens with zero attached hydrogens (tertiary/aromatic N) is 2. The van der Waals surface area contributed by atoms with Crippen LogP contribution in [-0.4, -0.2) is 21.6 Å². The zero-order valence-corrected chi connectivity index (χ0v) is 12.1. The molecule has 1 unspecified atom stereocenters. The van der Waals surface area contributed by atoms with E-state index in [4.69, 9.17) is 5.73 Å². The summed E-state index contributed by atoms with van der Waals surface area (Å²) in [5, 5.41) is 4.13. The van der Waals surface area contributed by atoms with Gasteiger partial charge in [0.2, 0.25) is 0 Å². The summed E-state index contributed by atoms with van der Waals surface area (Å²) in [7, 11) is 0. The Labute approximate surface area is 119 Å². The molecule has 114 valence electrons. The van der Waals surface area contributed by atoms with Crippen LogP contribution in [-0.2, 0) is 11.3 Å². The third kappa shape index (κ3) is 3.46. The fourth-order valence-corrected chi connectivity index (χ4v) is 3.24. The lowest BCUT2D eigenvalue weighted by molar-refractivity contribution is -0.190. The molecule has 0 aromatic carbocycles. The number of rotatable bonds is 4. The number of aromatic nitrogens is 2. The molecule has 1 heterocycles. The van der Waals surface area contributed by atoms with Crippen molar-refractivity contribution in [2.24, 2.45) is 5.73 Å². The molecule has 2 rings (SSSR count). The lowest BCUT2D eigenvalue weighted by Gasteiger charge is -2.22. The van der Waals surface area contributed by atoms with Crippen molar-refractivity contribution in [2.75, 3.05) is 0 Å². The Balaban J connectivity index is 1.95. The summed E-state index contributed by atoms with van der Waals surface area (Å²) in [6.45, 7) is 0.832. The molecule has 20 heavy (non-hydrogen) atoms. The third-order valence-electron chi connectivity index (χ3n) is 3.50. The second-order valence-electron chi connectivity index (χ2n) is 5.29. The fourth-order valence-electron chi connectivity index (χ4n) is 2.07. The van der Waals surface area contributed by atoms with Crippen LogP contribution >= 0.6 is 11.8 Å². The van der Waals surface area contributed by atoms with Crippen LogP contribution in [0.4, 0.5) is 13.2 Å². The Bertz CT molecular complexity index is 441. The van der Waals surface area contributed by atoms with Gasteiger partial charge < -0.3 is 10.3 Å². The van der Waals surface area contributed by atoms with Gasteiger partial charge in [0.05, 0.1) is 5.75 Å². The molecule has 1 atom stereocenters. The molecule has 2 N–H and O–H groups in total. The van der Waals surface area contributed by atoms with Gasteiger partial charge in [0, 0.05) is 5.25 Å². The minimum atomic E-state index is -4.62. The number of alkyl halides is 3. The van der Waals surface area contributed by atoms with E-state index in [-0.39, 0.29) is 5.82 Å². The van der Waals surface area contributed by atoms with Gasteiger partial charge in [-0.2, -0.15) is 29.9 Å². The molecular formula is C12H18F3N3OS. The molecule has 0 radical (unpaired) electrons. The topological polar surface area (TPSA) is 64.9 Å². The van der Waals surface area contributed by atoms with Crippen LogP contribution in [0.15, 0.2) is 4.52 Å². The predicted molar refractivity (Wildman–Crippen MR) is 70.1 cm³/mol. The first kappa shape index (κ1) is 15.6. The Hall–Kier alpha value is -0.760. The molecule has 0 spiro atoms. The maximum absolute atomic E-state index is 12.7. The molecule has 0 aliphatic heterocycles. The van der Waals surface area contributed by atoms with Gasteiger partial charge in [0.15, 0.2) is 11.4 Å². The molecule has 1 aromatic rings. The first-order valence-corrected chi connectivity index (χ1v) is 7.66. The number of hydrogen-bond acceptors (Lipinski definition) is 5. The van der Waals surface area contributed by atoms with Crippen molar-refractivity contribution < 1.29 is 17.7 Å². The van der Waals surface area contributed by atoms with Gasteiger partial charge in [-0.05, 0) is 19.8 Å². The van der Waals surface area contributed by atoms with Crippen molar-refractivity contribution in [3.8, 4) is 0 Å². The van der Waals surface area contributed by atoms with Crippen molar-refractivity contribution >= 4 is 11.8 Å². The summed E-state index contributed by atoms with van der Waals surface area (Å²) in [6.07, 6.45) is 1.36. The van der Waals surface area contributed by atoms with E-state index < -0.39 is 17.6 Å². The molecule has 1 aliphatic rings. The predicted octanol–water partition coefficient (Wildman–Crippen LogP) is 3.37. The Morgan fingerprint density at radius 1 is 1.30 bits per heavy atom. The van der Waals surface area contributed by atoms with Crippen LogP contribution in [0.5, 0.6) is 0 Å². The minimum Gasteiger partial charge on any atom is -0.337 e. The maximum atomic E-state index is 12.7. The molecule has 0 bridgehead atoms. The molecule has 0 saturated heterocycles. The SMILES string of the molecule is CC(N)(c1nc(CSC2CCCCC2)no1)C(F)(F)F. The monoisotopic (exact) mass is 309 g/mol. The van der Waals surface area contributed by atoms with E-state index in [0.717, 1.165) is 19.8 Å². The Morgan fingerprint density at radius 2 is 1.95 bits per heavy atom. The molecule has 8 heteroatoms. The molecule has 1 aromatic heterocycles. The summed E-state index contributed by atoms with van der Waals surface area (Å²) in [5.74, 6) is 0.156. The summed E-state index contributed by atoms with van der Waals surface area (Å²) in [5.41, 5.74) is 2.64. The summed E-state index contributed by atoms with van der Waals surface area (Å²) < 4.78 is 42.9. The van der Waals surface area contributed by atoms with Gasteiger partial charge in [0.1, 0.15) is 0 Å². The molecule has 1 fully saturated rings. The van der Waals surface area contributed by atoms with E-state index in [2.05, 4.69) is 14.7 Å². The van der Waals surface area contributed by atoms with Crippen LogP contribution in [0.2, 0.25) is 0 Å². The van der Waals surface area contributed by atoms with Crippen LogP contribution in [0.3, 0.4) is 0 Å². The summed E-state index contributed by atoms with van der Waals surface area (Å²) in [4.78, 5) is 3.79. The van der Waals surface area contributed by atoms with Gasteiger partial charge in [-0.25, -0.2) is 0 Å². The van der Waals surface area contributed by atoms with E-state index in [9.17, 15) is 13.2 Å². The third-order valence-corrected chi connectivity index (χ3v) is 4.87. The summed E-state index contributed by atoms with van der Waals surface area (Å²) >= 11 is 1.67. The first-order chi connectivity index (χ1) is 9.30. The van der Waals surface area contributed by atoms with E-state index >= 15 is 0 Å². The molecule has 0 amide bonds. The van der Waals surface area contributed by atoms with Crippen molar-refractivity contribution in [3.63, 3.8) is 0 Å². The molecule has 4 nitrogen and oxygen atoms in total. The van der Waals surface area contributed by atoms with Crippen LogP contribution in [0, 0.1) is 0 Å². The highest BCUT2D eigenvalue weighted by atomic mass is 32.2. The quantitative estimate of drug-likeness (QED) is 0.923. The standard InChI is InChI=1S/C12H18F3N3OS/c1-11(16,12(13,14)15)10-17-9(18-19-10)7-20-8-5-3-2-4-6-8/h8H,2-7,16H2,1H3. The lowest BCUT2D eigenvalue weighted by Crippen LogP contribution is -2.48. The van der Waals surface area contributed by atoms with Crippen molar-refractivity contribution in [1.29, 1.82) is 0 Å². The second-order valence-corrected chi connectivity index (χ2v) is 6.58. The zero-order chi connectivity index (χ0) is 14.8. The highest BCUT2D eigenvalue weighted by Crippen LogP contribution is 2.36. The largest absolute Gasteiger partial charge is 0.415 e. The maximum Gasteiger partial charge on any atom is 0.415 e. The van der Waals surface area contributed by atoms with Gasteiger partial charge >= 0.3 is 6.18 Å². The summed E-state index contributed by atoms with van der Waals surface area (Å²) in [6, 6.07) is 0. The Kier molecular flexibility index (Phi) is 4.63. The number of thioether (sulfide) groups is 1. The molecular weight excluding hydrogens is 291 g/mol. The fraction of sp³-hybridized carbons (Fsp3) is 0.833. The van der Waals surface area contributed by atoms with E-state index in [1.807, 2.05) is 0 Å². The Morgan fingerprint density at radius 3 is 2.55 bits per heavy atom. The highest BCUT2D eigenvalue weighted by Gasteiger charge is 2.53. The van der Waals surface area contributed by atoms with Crippen LogP contribution in [0.25, 0.3) is 0 Å². The van der Waals surface area contributed by atoms with Gasteiger partial charge in [-0.3, -0.25) is 0 Å². The first-order valence-electron chi connectivity index (χ1n) is 6.61. The number of halogens is 3. The van der Waals surface area contributed by atoms with Crippen molar-refractivity contribution in [1.82, 2.24) is 10.1 Å². The van der Waals surface area contributed by atoms with Crippen LogP contribution in [0.1, 0.15) is 50.7 Å². The minimum absolute atomic E-state index is 0.275. The van der Waals surface area contributed by atoms with E-state index in [1.54, 1.807) is 11.8 Å². The highest BCUT2D eigenvalue weighted by molar-refractivity contribution is 7.99. The number of nitrogens with two attached hydrogens (primary N) is 1. The van der Waals surface area contributed by atoms with Crippen LogP contribution < -0.4 is 5.73 Å². The zero-order valence-electron chi connectivity index (χ0n) is 11.2. The van der Waals surface area contributed by atoms with Gasteiger partial charge in [-0.1, -0.05) is 24.4 Å². The smallest absolute Gasteiger partial charge is 0.337 e.